The van der Waals surface area contributed by atoms with Gasteiger partial charge in [0.25, 0.3) is 0 Å². The highest BCUT2D eigenvalue weighted by Crippen LogP contribution is 2.25. The molecule has 0 aliphatic heterocycles. The predicted octanol–water partition coefficient (Wildman–Crippen LogP) is 2.44. The summed E-state index contributed by atoms with van der Waals surface area (Å²) >= 11 is 0. The molecule has 5 nitrogen and oxygen atoms in total. The molecule has 2 rings (SSSR count). The maximum atomic E-state index is 13.9. The Morgan fingerprint density at radius 3 is 2.65 bits per heavy atom. The zero-order valence-electron chi connectivity index (χ0n) is 11.1. The Hall–Kier alpha value is -2.11. The molecule has 6 heteroatoms. The zero-order chi connectivity index (χ0) is 14.5. The first-order valence-electron chi connectivity index (χ1n) is 6.70. The van der Waals surface area contributed by atoms with Crippen LogP contribution in [0.3, 0.4) is 0 Å². The van der Waals surface area contributed by atoms with Crippen molar-refractivity contribution in [3.63, 3.8) is 0 Å². The van der Waals surface area contributed by atoms with Gasteiger partial charge in [-0.15, -0.1) is 0 Å². The molecule has 108 valence electrons. The summed E-state index contributed by atoms with van der Waals surface area (Å²) in [5, 5.41) is 13.9. The van der Waals surface area contributed by atoms with Gasteiger partial charge in [0.15, 0.2) is 5.84 Å². The number of rotatable bonds is 3. The third-order valence-electron chi connectivity index (χ3n) is 3.61. The number of carbonyl (C=O) groups is 1. The monoisotopic (exact) mass is 279 g/mol. The first-order valence-corrected chi connectivity index (χ1v) is 6.70. The number of nitrogens with two attached hydrogens (primary N) is 1. The normalized spacial score (nSPS) is 16.9. The van der Waals surface area contributed by atoms with Crippen LogP contribution in [0.1, 0.15) is 37.7 Å². The lowest BCUT2D eigenvalue weighted by Crippen LogP contribution is -2.25. The molecule has 1 aliphatic carbocycles. The predicted molar refractivity (Wildman–Crippen MR) is 74.1 cm³/mol. The van der Waals surface area contributed by atoms with Gasteiger partial charge in [0, 0.05) is 11.5 Å². The summed E-state index contributed by atoms with van der Waals surface area (Å²) < 4.78 is 13.9. The molecule has 0 aromatic heterocycles. The van der Waals surface area contributed by atoms with Gasteiger partial charge in [-0.1, -0.05) is 24.4 Å². The van der Waals surface area contributed by atoms with Crippen molar-refractivity contribution in [1.82, 2.24) is 0 Å². The van der Waals surface area contributed by atoms with Crippen LogP contribution >= 0.6 is 0 Å². The summed E-state index contributed by atoms with van der Waals surface area (Å²) in [5.41, 5.74) is 5.76. The van der Waals surface area contributed by atoms with Gasteiger partial charge in [-0.25, -0.2) is 4.39 Å². The van der Waals surface area contributed by atoms with E-state index in [1.165, 1.54) is 12.1 Å². The fraction of sp³-hybridized carbons (Fsp3) is 0.429. The minimum atomic E-state index is -0.599. The van der Waals surface area contributed by atoms with Crippen molar-refractivity contribution >= 4 is 17.4 Å². The third kappa shape index (κ3) is 3.26. The van der Waals surface area contributed by atoms with Crippen LogP contribution in [0.25, 0.3) is 0 Å². The summed E-state index contributed by atoms with van der Waals surface area (Å²) in [5.74, 6) is -0.945. The molecule has 1 aromatic carbocycles. The van der Waals surface area contributed by atoms with E-state index in [4.69, 9.17) is 10.9 Å². The maximum Gasteiger partial charge on any atom is 0.227 e. The first kappa shape index (κ1) is 14.3. The van der Waals surface area contributed by atoms with E-state index in [2.05, 4.69) is 10.5 Å². The summed E-state index contributed by atoms with van der Waals surface area (Å²) in [4.78, 5) is 12.0. The Morgan fingerprint density at radius 2 is 2.05 bits per heavy atom. The second-order valence-corrected chi connectivity index (χ2v) is 5.00. The lowest BCUT2D eigenvalue weighted by molar-refractivity contribution is -0.120. The van der Waals surface area contributed by atoms with Crippen LogP contribution in [0.4, 0.5) is 10.1 Å². The van der Waals surface area contributed by atoms with Crippen molar-refractivity contribution in [3.8, 4) is 0 Å². The lowest BCUT2D eigenvalue weighted by Gasteiger charge is -2.20. The van der Waals surface area contributed by atoms with Gasteiger partial charge in [-0.2, -0.15) is 0 Å². The summed E-state index contributed by atoms with van der Waals surface area (Å²) in [7, 11) is 0. The fourth-order valence-corrected chi connectivity index (χ4v) is 2.43. The summed E-state index contributed by atoms with van der Waals surface area (Å²) in [6.45, 7) is 0. The fourth-order valence-electron chi connectivity index (χ4n) is 2.43. The minimum Gasteiger partial charge on any atom is -0.409 e. The molecule has 1 amide bonds. The molecule has 1 saturated carbocycles. The maximum absolute atomic E-state index is 13.9. The van der Waals surface area contributed by atoms with Gasteiger partial charge in [0.05, 0.1) is 5.69 Å². The Labute approximate surface area is 116 Å². The number of nitrogens with one attached hydrogen (secondary N) is 1. The van der Waals surface area contributed by atoms with Crippen LogP contribution in [0.15, 0.2) is 23.4 Å². The van der Waals surface area contributed by atoms with Gasteiger partial charge < -0.3 is 16.3 Å². The molecule has 20 heavy (non-hydrogen) atoms. The smallest absolute Gasteiger partial charge is 0.227 e. The number of oxime groups is 1. The molecule has 4 N–H and O–H groups in total. The lowest BCUT2D eigenvalue weighted by atomic mass is 9.88. The van der Waals surface area contributed by atoms with Crippen molar-refractivity contribution in [2.45, 2.75) is 32.1 Å². The molecule has 0 heterocycles. The second kappa shape index (κ2) is 6.36. The van der Waals surface area contributed by atoms with E-state index in [0.717, 1.165) is 38.2 Å². The summed E-state index contributed by atoms with van der Waals surface area (Å²) in [6.07, 6.45) is 4.96. The largest absolute Gasteiger partial charge is 0.409 e. The first-order chi connectivity index (χ1) is 9.61. The summed E-state index contributed by atoms with van der Waals surface area (Å²) in [6, 6.07) is 4.05. The van der Waals surface area contributed by atoms with E-state index in [1.54, 1.807) is 0 Å². The molecular formula is C14H18FN3O2. The van der Waals surface area contributed by atoms with Gasteiger partial charge in [0.2, 0.25) is 5.91 Å². The Bertz CT molecular complexity index is 525. The number of amidine groups is 1. The van der Waals surface area contributed by atoms with Gasteiger partial charge >= 0.3 is 0 Å². The molecule has 1 aliphatic rings. The second-order valence-electron chi connectivity index (χ2n) is 5.00. The van der Waals surface area contributed by atoms with Crippen LogP contribution in [-0.4, -0.2) is 17.0 Å². The Morgan fingerprint density at radius 1 is 1.35 bits per heavy atom. The van der Waals surface area contributed by atoms with E-state index in [9.17, 15) is 9.18 Å². The van der Waals surface area contributed by atoms with Gasteiger partial charge in [-0.05, 0) is 31.0 Å². The molecule has 0 atom stereocenters. The zero-order valence-corrected chi connectivity index (χ0v) is 11.1. The highest BCUT2D eigenvalue weighted by Gasteiger charge is 2.21. The van der Waals surface area contributed by atoms with Crippen molar-refractivity contribution in [3.05, 3.63) is 29.6 Å². The number of benzene rings is 1. The highest BCUT2D eigenvalue weighted by atomic mass is 19.1. The van der Waals surface area contributed by atoms with Crippen LogP contribution < -0.4 is 11.1 Å². The molecule has 0 unspecified atom stereocenters. The number of nitrogens with zero attached hydrogens (tertiary/aromatic N) is 1. The highest BCUT2D eigenvalue weighted by molar-refractivity contribution is 5.98. The average Bonchev–Trinajstić information content (AvgIpc) is 2.49. The standard InChI is InChI=1S/C14H18FN3O2/c15-11-8-10(13(16)18-20)6-7-12(11)17-14(19)9-4-2-1-3-5-9/h6-9,20H,1-5H2,(H2,16,18)(H,17,19). The number of halogens is 1. The molecule has 0 radical (unpaired) electrons. The van der Waals surface area contributed by atoms with E-state index in [-0.39, 0.29) is 28.9 Å². The van der Waals surface area contributed by atoms with E-state index in [1.807, 2.05) is 0 Å². The number of anilines is 1. The molecule has 1 aromatic rings. The van der Waals surface area contributed by atoms with Crippen LogP contribution in [0, 0.1) is 11.7 Å². The van der Waals surface area contributed by atoms with Gasteiger partial charge in [0.1, 0.15) is 5.82 Å². The van der Waals surface area contributed by atoms with Crippen molar-refractivity contribution in [2.75, 3.05) is 5.32 Å². The number of amides is 1. The minimum absolute atomic E-state index is 0.0353. The van der Waals surface area contributed by atoms with Crippen LogP contribution in [0.2, 0.25) is 0 Å². The average molecular weight is 279 g/mol. The molecule has 0 bridgehead atoms. The van der Waals surface area contributed by atoms with Crippen molar-refractivity contribution < 1.29 is 14.4 Å². The van der Waals surface area contributed by atoms with Crippen molar-refractivity contribution in [1.29, 1.82) is 0 Å². The van der Waals surface area contributed by atoms with E-state index < -0.39 is 5.82 Å². The van der Waals surface area contributed by atoms with E-state index in [0.29, 0.717) is 0 Å². The SMILES string of the molecule is N/C(=N/O)c1ccc(NC(=O)C2CCCCC2)c(F)c1. The quantitative estimate of drug-likeness (QED) is 0.344. The molecule has 1 fully saturated rings. The molecule has 0 spiro atoms. The van der Waals surface area contributed by atoms with Gasteiger partial charge in [-0.3, -0.25) is 4.79 Å². The molecule has 0 saturated heterocycles. The Kier molecular flexibility index (Phi) is 4.55. The number of hydrogen-bond acceptors (Lipinski definition) is 3. The van der Waals surface area contributed by atoms with Crippen molar-refractivity contribution in [2.24, 2.45) is 16.8 Å². The number of carbonyl (C=O) groups excluding carboxylic acids is 1. The Balaban J connectivity index is 2.07. The van der Waals surface area contributed by atoms with E-state index >= 15 is 0 Å². The molecular weight excluding hydrogens is 261 g/mol. The number of hydrogen-bond donors (Lipinski definition) is 3. The third-order valence-corrected chi connectivity index (χ3v) is 3.61. The topological polar surface area (TPSA) is 87.7 Å². The van der Waals surface area contributed by atoms with Crippen LogP contribution in [-0.2, 0) is 4.79 Å². The van der Waals surface area contributed by atoms with Crippen LogP contribution in [0.5, 0.6) is 0 Å².